The molecule has 0 spiro atoms. The first-order valence-corrected chi connectivity index (χ1v) is 7.21. The molecule has 0 bridgehead atoms. The number of likely N-dealkylation sites (N-methyl/N-ethyl adjacent to an activating group) is 1. The number of thiophene rings is 1. The van der Waals surface area contributed by atoms with Crippen LogP contribution in [0.5, 0.6) is 0 Å². The lowest BCUT2D eigenvalue weighted by Crippen LogP contribution is -2.42. The van der Waals surface area contributed by atoms with Crippen molar-refractivity contribution >= 4 is 28.7 Å². The third-order valence-corrected chi connectivity index (χ3v) is 5.00. The van der Waals surface area contributed by atoms with Crippen LogP contribution >= 0.6 is 22.9 Å². The summed E-state index contributed by atoms with van der Waals surface area (Å²) in [6.07, 6.45) is 2.61. The Bertz CT molecular complexity index is 413. The molecule has 1 aromatic heterocycles. The summed E-state index contributed by atoms with van der Waals surface area (Å²) < 4.78 is 0.679. The number of halogens is 1. The number of ketones is 1. The minimum absolute atomic E-state index is 0.0692. The number of Topliss-reactive ketones (excluding diaryl/α,β-unsaturated/α-hetero) is 1. The molecule has 0 radical (unpaired) electrons. The SMILES string of the molecule is CC(C(=O)c1ccc(Cl)s1)N(C)C(C)C1CC1. The highest BCUT2D eigenvalue weighted by Gasteiger charge is 2.34. The Morgan fingerprint density at radius 3 is 2.59 bits per heavy atom. The van der Waals surface area contributed by atoms with Crippen molar-refractivity contribution in [3.05, 3.63) is 21.3 Å². The van der Waals surface area contributed by atoms with Crippen molar-refractivity contribution in [1.29, 1.82) is 0 Å². The van der Waals surface area contributed by atoms with Crippen LogP contribution in [0.25, 0.3) is 0 Å². The quantitative estimate of drug-likeness (QED) is 0.761. The lowest BCUT2D eigenvalue weighted by molar-refractivity contribution is 0.0816. The monoisotopic (exact) mass is 271 g/mol. The van der Waals surface area contributed by atoms with Crippen molar-refractivity contribution in [2.75, 3.05) is 7.05 Å². The molecule has 94 valence electrons. The minimum Gasteiger partial charge on any atom is -0.294 e. The summed E-state index contributed by atoms with van der Waals surface area (Å²) in [7, 11) is 2.04. The van der Waals surface area contributed by atoms with E-state index in [-0.39, 0.29) is 11.8 Å². The van der Waals surface area contributed by atoms with Gasteiger partial charge in [-0.3, -0.25) is 9.69 Å². The van der Waals surface area contributed by atoms with Crippen LogP contribution in [0.1, 0.15) is 36.4 Å². The molecule has 0 aliphatic heterocycles. The molecule has 4 heteroatoms. The van der Waals surface area contributed by atoms with E-state index in [1.165, 1.54) is 24.2 Å². The summed E-state index contributed by atoms with van der Waals surface area (Å²) in [6, 6.07) is 4.03. The van der Waals surface area contributed by atoms with Crippen molar-refractivity contribution in [1.82, 2.24) is 4.90 Å². The van der Waals surface area contributed by atoms with Crippen molar-refractivity contribution in [3.63, 3.8) is 0 Å². The van der Waals surface area contributed by atoms with E-state index in [9.17, 15) is 4.79 Å². The van der Waals surface area contributed by atoms with Crippen LogP contribution in [0.4, 0.5) is 0 Å². The first kappa shape index (κ1) is 13.1. The van der Waals surface area contributed by atoms with Gasteiger partial charge < -0.3 is 0 Å². The maximum atomic E-state index is 12.3. The third-order valence-electron chi connectivity index (χ3n) is 3.75. The van der Waals surface area contributed by atoms with E-state index in [4.69, 9.17) is 11.6 Å². The summed E-state index contributed by atoms with van der Waals surface area (Å²) in [5.41, 5.74) is 0. The summed E-state index contributed by atoms with van der Waals surface area (Å²) in [6.45, 7) is 4.19. The number of hydrogen-bond donors (Lipinski definition) is 0. The second-order valence-electron chi connectivity index (χ2n) is 4.89. The normalized spacial score (nSPS) is 19.4. The summed E-state index contributed by atoms with van der Waals surface area (Å²) in [5.74, 6) is 0.957. The van der Waals surface area contributed by atoms with Crippen molar-refractivity contribution in [2.24, 2.45) is 5.92 Å². The lowest BCUT2D eigenvalue weighted by atomic mass is 10.1. The number of carbonyl (C=O) groups is 1. The van der Waals surface area contributed by atoms with E-state index in [1.807, 2.05) is 20.0 Å². The second-order valence-corrected chi connectivity index (χ2v) is 6.60. The van der Waals surface area contributed by atoms with Gasteiger partial charge >= 0.3 is 0 Å². The van der Waals surface area contributed by atoms with Gasteiger partial charge in [0.05, 0.1) is 15.3 Å². The maximum absolute atomic E-state index is 12.3. The molecule has 0 N–H and O–H groups in total. The second kappa shape index (κ2) is 5.09. The molecule has 2 nitrogen and oxygen atoms in total. The van der Waals surface area contributed by atoms with Gasteiger partial charge in [0.1, 0.15) is 0 Å². The van der Waals surface area contributed by atoms with Crippen molar-refractivity contribution in [2.45, 2.75) is 38.8 Å². The van der Waals surface area contributed by atoms with Gasteiger partial charge in [0, 0.05) is 6.04 Å². The van der Waals surface area contributed by atoms with E-state index in [0.29, 0.717) is 10.4 Å². The van der Waals surface area contributed by atoms with Gasteiger partial charge in [0.2, 0.25) is 0 Å². The van der Waals surface area contributed by atoms with Crippen LogP contribution < -0.4 is 0 Å². The summed E-state index contributed by atoms with van der Waals surface area (Å²) >= 11 is 7.23. The highest BCUT2D eigenvalue weighted by molar-refractivity contribution is 7.18. The molecule has 1 saturated carbocycles. The molecule has 1 aliphatic rings. The van der Waals surface area contributed by atoms with E-state index in [1.54, 1.807) is 6.07 Å². The van der Waals surface area contributed by atoms with E-state index in [2.05, 4.69) is 11.8 Å². The van der Waals surface area contributed by atoms with E-state index >= 15 is 0 Å². The first-order chi connectivity index (χ1) is 8.00. The maximum Gasteiger partial charge on any atom is 0.189 e. The molecule has 1 fully saturated rings. The Kier molecular flexibility index (Phi) is 3.91. The van der Waals surface area contributed by atoms with Crippen molar-refractivity contribution < 1.29 is 4.79 Å². The van der Waals surface area contributed by atoms with Crippen molar-refractivity contribution in [3.8, 4) is 0 Å². The van der Waals surface area contributed by atoms with Gasteiger partial charge in [-0.2, -0.15) is 0 Å². The number of carbonyl (C=O) groups excluding carboxylic acids is 1. The molecule has 0 saturated heterocycles. The van der Waals surface area contributed by atoms with E-state index < -0.39 is 0 Å². The Hall–Kier alpha value is -0.380. The van der Waals surface area contributed by atoms with Crippen LogP contribution in [0.15, 0.2) is 12.1 Å². The molecule has 0 amide bonds. The predicted molar refractivity (Wildman–Crippen MR) is 73.1 cm³/mol. The number of nitrogens with zero attached hydrogens (tertiary/aromatic N) is 1. The molecule has 17 heavy (non-hydrogen) atoms. The van der Waals surface area contributed by atoms with Crippen LogP contribution in [0.2, 0.25) is 4.34 Å². The average Bonchev–Trinajstić information content (AvgIpc) is 3.08. The zero-order valence-electron chi connectivity index (χ0n) is 10.4. The number of hydrogen-bond acceptors (Lipinski definition) is 3. The Morgan fingerprint density at radius 2 is 2.12 bits per heavy atom. The highest BCUT2D eigenvalue weighted by Crippen LogP contribution is 2.35. The first-order valence-electron chi connectivity index (χ1n) is 6.02. The molecule has 2 atom stereocenters. The largest absolute Gasteiger partial charge is 0.294 e. The van der Waals surface area contributed by atoms with Gasteiger partial charge in [-0.05, 0) is 51.8 Å². The number of rotatable bonds is 5. The Labute approximate surface area is 112 Å². The lowest BCUT2D eigenvalue weighted by Gasteiger charge is -2.29. The summed E-state index contributed by atoms with van der Waals surface area (Å²) in [4.78, 5) is 15.2. The zero-order chi connectivity index (χ0) is 12.6. The van der Waals surface area contributed by atoms with Gasteiger partial charge in [-0.25, -0.2) is 0 Å². The third kappa shape index (κ3) is 2.90. The predicted octanol–water partition coefficient (Wildman–Crippen LogP) is 3.70. The zero-order valence-corrected chi connectivity index (χ0v) is 12.0. The van der Waals surface area contributed by atoms with Gasteiger partial charge in [0.15, 0.2) is 5.78 Å². The highest BCUT2D eigenvalue weighted by atomic mass is 35.5. The molecule has 0 aromatic carbocycles. The molecule has 2 unspecified atom stereocenters. The van der Waals surface area contributed by atoms with Gasteiger partial charge in [-0.1, -0.05) is 11.6 Å². The van der Waals surface area contributed by atoms with Crippen LogP contribution in [-0.4, -0.2) is 29.8 Å². The Balaban J connectivity index is 2.03. The minimum atomic E-state index is -0.0692. The fourth-order valence-corrected chi connectivity index (χ4v) is 3.17. The van der Waals surface area contributed by atoms with Gasteiger partial charge in [0.25, 0.3) is 0 Å². The van der Waals surface area contributed by atoms with E-state index in [0.717, 1.165) is 10.8 Å². The molecular formula is C13H18ClNOS. The smallest absolute Gasteiger partial charge is 0.189 e. The van der Waals surface area contributed by atoms with Crippen LogP contribution in [0.3, 0.4) is 0 Å². The molecule has 1 aliphatic carbocycles. The Morgan fingerprint density at radius 1 is 1.47 bits per heavy atom. The standard InChI is InChI=1S/C13H18ClNOS/c1-8(10-4-5-10)15(3)9(2)13(16)11-6-7-12(14)17-11/h6-10H,4-5H2,1-3H3. The van der Waals surface area contributed by atoms with Crippen LogP contribution in [0, 0.1) is 5.92 Å². The molecule has 1 aromatic rings. The fourth-order valence-electron chi connectivity index (χ4n) is 2.10. The fraction of sp³-hybridized carbons (Fsp3) is 0.615. The molecule has 2 rings (SSSR count). The molecule has 1 heterocycles. The van der Waals surface area contributed by atoms with Crippen LogP contribution in [-0.2, 0) is 0 Å². The average molecular weight is 272 g/mol. The summed E-state index contributed by atoms with van der Waals surface area (Å²) in [5, 5.41) is 0. The topological polar surface area (TPSA) is 20.3 Å². The molecular weight excluding hydrogens is 254 g/mol. The van der Waals surface area contributed by atoms with Gasteiger partial charge in [-0.15, -0.1) is 11.3 Å².